The third kappa shape index (κ3) is 4.15. The Balaban J connectivity index is 1.54. The summed E-state index contributed by atoms with van der Waals surface area (Å²) in [5.74, 6) is 1.45. The molecular weight excluding hydrogens is 322 g/mol. The zero-order chi connectivity index (χ0) is 16.9. The summed E-state index contributed by atoms with van der Waals surface area (Å²) in [6.45, 7) is 3.65. The second-order valence-electron chi connectivity index (χ2n) is 6.26. The van der Waals surface area contributed by atoms with Crippen molar-refractivity contribution in [1.29, 1.82) is 0 Å². The molecule has 128 valence electrons. The number of rotatable bonds is 5. The molecule has 1 fully saturated rings. The summed E-state index contributed by atoms with van der Waals surface area (Å²) >= 11 is 1.59. The maximum absolute atomic E-state index is 12.6. The number of piperidine rings is 1. The third-order valence-electron chi connectivity index (χ3n) is 4.54. The molecular formula is C17H23N5OS. The number of carbonyl (C=O) groups excluding carboxylic acids is 1. The number of carbonyl (C=O) groups is 1. The Kier molecular flexibility index (Phi) is 5.52. The fraction of sp³-hybridized carbons (Fsp3) is 0.471. The number of hydrogen-bond acceptors (Lipinski definition) is 5. The van der Waals surface area contributed by atoms with E-state index >= 15 is 0 Å². The first-order valence-corrected chi connectivity index (χ1v) is 9.24. The van der Waals surface area contributed by atoms with E-state index in [1.165, 1.54) is 6.33 Å². The zero-order valence-corrected chi connectivity index (χ0v) is 14.6. The topological polar surface area (TPSA) is 87.9 Å². The molecule has 1 amide bonds. The van der Waals surface area contributed by atoms with Crippen molar-refractivity contribution in [2.75, 3.05) is 13.1 Å². The van der Waals surface area contributed by atoms with Crippen molar-refractivity contribution in [3.05, 3.63) is 41.7 Å². The monoisotopic (exact) mass is 345 g/mol. The molecule has 0 spiro atoms. The first kappa shape index (κ1) is 17.0. The van der Waals surface area contributed by atoms with Crippen molar-refractivity contribution in [3.8, 4) is 0 Å². The first-order chi connectivity index (χ1) is 11.6. The number of H-pyrrole nitrogens is 1. The van der Waals surface area contributed by atoms with Crippen LogP contribution in [0.5, 0.6) is 0 Å². The van der Waals surface area contributed by atoms with E-state index in [4.69, 9.17) is 5.73 Å². The summed E-state index contributed by atoms with van der Waals surface area (Å²) in [6, 6.07) is 8.05. The van der Waals surface area contributed by atoms with Crippen molar-refractivity contribution in [3.63, 3.8) is 0 Å². The molecule has 2 aromatic rings. The molecule has 0 bridgehead atoms. The predicted molar refractivity (Wildman–Crippen MR) is 94.7 cm³/mol. The van der Waals surface area contributed by atoms with Gasteiger partial charge >= 0.3 is 0 Å². The SMILES string of the molecule is CC(N)C1CCN(C(=O)c2ccc(CSc3ncn[nH]3)cc2)CC1. The van der Waals surface area contributed by atoms with E-state index in [2.05, 4.69) is 22.1 Å². The number of thioether (sulfide) groups is 1. The summed E-state index contributed by atoms with van der Waals surface area (Å²) < 4.78 is 0. The molecule has 2 heterocycles. The molecule has 1 aliphatic rings. The van der Waals surface area contributed by atoms with Crippen molar-refractivity contribution in [2.45, 2.75) is 36.7 Å². The second-order valence-corrected chi connectivity index (χ2v) is 7.23. The van der Waals surface area contributed by atoms with Crippen molar-refractivity contribution in [2.24, 2.45) is 11.7 Å². The van der Waals surface area contributed by atoms with Gasteiger partial charge in [0.1, 0.15) is 6.33 Å². The van der Waals surface area contributed by atoms with Gasteiger partial charge in [-0.25, -0.2) is 4.98 Å². The Morgan fingerprint density at radius 3 is 2.67 bits per heavy atom. The molecule has 1 atom stereocenters. The number of aromatic nitrogens is 3. The van der Waals surface area contributed by atoms with Gasteiger partial charge in [0.25, 0.3) is 5.91 Å². The van der Waals surface area contributed by atoms with E-state index in [9.17, 15) is 4.79 Å². The number of amides is 1. The van der Waals surface area contributed by atoms with Crippen LogP contribution in [0.15, 0.2) is 35.7 Å². The zero-order valence-electron chi connectivity index (χ0n) is 13.8. The third-order valence-corrected chi connectivity index (χ3v) is 5.49. The minimum atomic E-state index is 0.118. The van der Waals surface area contributed by atoms with Crippen LogP contribution in [-0.4, -0.2) is 45.1 Å². The maximum atomic E-state index is 12.6. The lowest BCUT2D eigenvalue weighted by atomic mass is 9.90. The highest BCUT2D eigenvalue weighted by Gasteiger charge is 2.25. The van der Waals surface area contributed by atoms with Gasteiger partial charge in [-0.15, -0.1) is 0 Å². The van der Waals surface area contributed by atoms with Gasteiger partial charge in [0.15, 0.2) is 5.16 Å². The largest absolute Gasteiger partial charge is 0.339 e. The molecule has 0 aliphatic carbocycles. The van der Waals surface area contributed by atoms with Crippen LogP contribution in [0.1, 0.15) is 35.7 Å². The molecule has 7 heteroatoms. The average molecular weight is 345 g/mol. The lowest BCUT2D eigenvalue weighted by Gasteiger charge is -2.33. The van der Waals surface area contributed by atoms with Gasteiger partial charge in [0.05, 0.1) is 0 Å². The van der Waals surface area contributed by atoms with Gasteiger partial charge in [0, 0.05) is 30.4 Å². The van der Waals surface area contributed by atoms with Gasteiger partial charge < -0.3 is 10.6 Å². The average Bonchev–Trinajstić information content (AvgIpc) is 3.13. The van der Waals surface area contributed by atoms with Crippen molar-refractivity contribution >= 4 is 17.7 Å². The fourth-order valence-corrected chi connectivity index (χ4v) is 3.70. The smallest absolute Gasteiger partial charge is 0.253 e. The highest BCUT2D eigenvalue weighted by atomic mass is 32.2. The van der Waals surface area contributed by atoms with Crippen LogP contribution >= 0.6 is 11.8 Å². The van der Waals surface area contributed by atoms with Gasteiger partial charge in [-0.3, -0.25) is 9.89 Å². The number of likely N-dealkylation sites (tertiary alicyclic amines) is 1. The van der Waals surface area contributed by atoms with Gasteiger partial charge in [-0.2, -0.15) is 5.10 Å². The number of aromatic amines is 1. The van der Waals surface area contributed by atoms with Crippen molar-refractivity contribution < 1.29 is 4.79 Å². The van der Waals surface area contributed by atoms with E-state index in [0.717, 1.165) is 48.0 Å². The molecule has 3 rings (SSSR count). The number of nitrogens with two attached hydrogens (primary N) is 1. The summed E-state index contributed by atoms with van der Waals surface area (Å²) in [4.78, 5) is 18.6. The predicted octanol–water partition coefficient (Wildman–Crippen LogP) is 2.30. The van der Waals surface area contributed by atoms with Crippen LogP contribution in [0.2, 0.25) is 0 Å². The van der Waals surface area contributed by atoms with Gasteiger partial charge in [-0.1, -0.05) is 23.9 Å². The number of nitrogens with zero attached hydrogens (tertiary/aromatic N) is 3. The van der Waals surface area contributed by atoms with Crippen molar-refractivity contribution in [1.82, 2.24) is 20.1 Å². The lowest BCUT2D eigenvalue weighted by molar-refractivity contribution is 0.0681. The highest BCUT2D eigenvalue weighted by Crippen LogP contribution is 2.22. The van der Waals surface area contributed by atoms with Crippen LogP contribution in [0.3, 0.4) is 0 Å². The molecule has 0 saturated carbocycles. The Bertz CT molecular complexity index is 648. The molecule has 1 saturated heterocycles. The summed E-state index contributed by atoms with van der Waals surface area (Å²) in [7, 11) is 0. The molecule has 1 unspecified atom stereocenters. The molecule has 3 N–H and O–H groups in total. The van der Waals surface area contributed by atoms with Gasteiger partial charge in [-0.05, 0) is 43.4 Å². The molecule has 1 aromatic heterocycles. The van der Waals surface area contributed by atoms with Crippen LogP contribution < -0.4 is 5.73 Å². The summed E-state index contributed by atoms with van der Waals surface area (Å²) in [6.07, 6.45) is 3.49. The van der Waals surface area contributed by atoms with Crippen LogP contribution in [0.4, 0.5) is 0 Å². The van der Waals surface area contributed by atoms with E-state index in [1.807, 2.05) is 29.2 Å². The highest BCUT2D eigenvalue weighted by molar-refractivity contribution is 7.98. The summed E-state index contributed by atoms with van der Waals surface area (Å²) in [5.41, 5.74) is 7.87. The molecule has 6 nitrogen and oxygen atoms in total. The standard InChI is InChI=1S/C17H23N5OS/c1-12(18)14-6-8-22(9-7-14)16(23)15-4-2-13(3-5-15)10-24-17-19-11-20-21-17/h2-5,11-12,14H,6-10,18H2,1H3,(H,19,20,21). The van der Waals surface area contributed by atoms with E-state index < -0.39 is 0 Å². The fourth-order valence-electron chi connectivity index (χ4n) is 2.97. The Hall–Kier alpha value is -1.86. The van der Waals surface area contributed by atoms with E-state index in [-0.39, 0.29) is 11.9 Å². The molecule has 1 aromatic carbocycles. The minimum absolute atomic E-state index is 0.118. The lowest BCUT2D eigenvalue weighted by Crippen LogP contribution is -2.42. The normalized spacial score (nSPS) is 17.0. The van der Waals surface area contributed by atoms with Gasteiger partial charge in [0.2, 0.25) is 0 Å². The Labute approximate surface area is 146 Å². The molecule has 1 aliphatic heterocycles. The number of hydrogen-bond donors (Lipinski definition) is 2. The van der Waals surface area contributed by atoms with Crippen LogP contribution in [0, 0.1) is 5.92 Å². The first-order valence-electron chi connectivity index (χ1n) is 8.25. The van der Waals surface area contributed by atoms with E-state index in [1.54, 1.807) is 11.8 Å². The number of nitrogens with one attached hydrogen (secondary N) is 1. The van der Waals surface area contributed by atoms with Crippen LogP contribution in [0.25, 0.3) is 0 Å². The maximum Gasteiger partial charge on any atom is 0.253 e. The second kappa shape index (κ2) is 7.81. The minimum Gasteiger partial charge on any atom is -0.339 e. The Morgan fingerprint density at radius 1 is 1.38 bits per heavy atom. The van der Waals surface area contributed by atoms with Crippen LogP contribution in [-0.2, 0) is 5.75 Å². The van der Waals surface area contributed by atoms with E-state index in [0.29, 0.717) is 5.92 Å². The quantitative estimate of drug-likeness (QED) is 0.812. The summed E-state index contributed by atoms with van der Waals surface area (Å²) in [5, 5.41) is 7.45. The molecule has 24 heavy (non-hydrogen) atoms. The molecule has 0 radical (unpaired) electrons. The Morgan fingerprint density at radius 2 is 2.08 bits per heavy atom. The number of benzene rings is 1.